The van der Waals surface area contributed by atoms with E-state index in [-0.39, 0.29) is 54.4 Å². The van der Waals surface area contributed by atoms with Crippen molar-refractivity contribution < 1.29 is 23.7 Å². The average Bonchev–Trinajstić information content (AvgIpc) is 2.96. The minimum atomic E-state index is -0.679. The minimum Gasteiger partial charge on any atom is -0.464 e. The largest absolute Gasteiger partial charge is 0.464 e. The van der Waals surface area contributed by atoms with Crippen LogP contribution in [0.25, 0.3) is 11.0 Å². The van der Waals surface area contributed by atoms with Gasteiger partial charge in [-0.05, 0) is 36.8 Å². The maximum absolute atomic E-state index is 13.7. The van der Waals surface area contributed by atoms with Crippen LogP contribution in [0.5, 0.6) is 0 Å². The Kier molecular flexibility index (Phi) is 9.49. The summed E-state index contributed by atoms with van der Waals surface area (Å²) in [5.74, 6) is -1.04. The highest BCUT2D eigenvalue weighted by Gasteiger charge is 2.25. The van der Waals surface area contributed by atoms with E-state index in [9.17, 15) is 24.5 Å². The molecule has 0 saturated heterocycles. The molecule has 0 unspecified atom stereocenters. The van der Waals surface area contributed by atoms with Gasteiger partial charge in [-0.15, -0.1) is 0 Å². The van der Waals surface area contributed by atoms with E-state index in [1.807, 2.05) is 43.3 Å². The summed E-state index contributed by atoms with van der Waals surface area (Å²) in [4.78, 5) is 53.9. The number of benzene rings is 3. The highest BCUT2D eigenvalue weighted by Crippen LogP contribution is 2.26. The Morgan fingerprint density at radius 3 is 2.49 bits per heavy atom. The first-order valence-corrected chi connectivity index (χ1v) is 13.1. The van der Waals surface area contributed by atoms with Crippen LogP contribution in [0.1, 0.15) is 27.0 Å². The lowest BCUT2D eigenvalue weighted by Crippen LogP contribution is -2.44. The molecule has 0 saturated carbocycles. The van der Waals surface area contributed by atoms with Gasteiger partial charge in [-0.1, -0.05) is 53.6 Å². The number of amides is 2. The molecule has 0 spiro atoms. The lowest BCUT2D eigenvalue weighted by molar-refractivity contribution is -0.384. The molecule has 0 aliphatic rings. The second-order valence-electron chi connectivity index (χ2n) is 9.47. The van der Waals surface area contributed by atoms with Gasteiger partial charge in [-0.25, -0.2) is 0 Å². The van der Waals surface area contributed by atoms with E-state index in [1.54, 1.807) is 12.1 Å². The Morgan fingerprint density at radius 1 is 1.02 bits per heavy atom. The molecule has 11 heteroatoms. The van der Waals surface area contributed by atoms with Crippen molar-refractivity contribution in [2.45, 2.75) is 20.0 Å². The van der Waals surface area contributed by atoms with Crippen LogP contribution in [0.15, 0.2) is 82.2 Å². The summed E-state index contributed by atoms with van der Waals surface area (Å²) in [6.45, 7) is 1.80. The highest BCUT2D eigenvalue weighted by atomic mass is 35.5. The molecule has 3 aromatic carbocycles. The number of rotatable bonds is 11. The van der Waals surface area contributed by atoms with E-state index in [0.717, 1.165) is 17.2 Å². The van der Waals surface area contributed by atoms with E-state index in [2.05, 4.69) is 0 Å². The van der Waals surface area contributed by atoms with Crippen molar-refractivity contribution in [1.29, 1.82) is 0 Å². The summed E-state index contributed by atoms with van der Waals surface area (Å²) in [5.41, 5.74) is 1.79. The first-order chi connectivity index (χ1) is 19.7. The predicted molar refractivity (Wildman–Crippen MR) is 154 cm³/mol. The third-order valence-electron chi connectivity index (χ3n) is 6.50. The number of aryl methyl sites for hydroxylation is 1. The quantitative estimate of drug-likeness (QED) is 0.182. The van der Waals surface area contributed by atoms with Gasteiger partial charge in [0.25, 0.3) is 11.6 Å². The third kappa shape index (κ3) is 7.16. The van der Waals surface area contributed by atoms with Crippen molar-refractivity contribution in [3.63, 3.8) is 0 Å². The monoisotopic (exact) mass is 577 g/mol. The van der Waals surface area contributed by atoms with Crippen molar-refractivity contribution in [3.8, 4) is 0 Å². The number of hydrogen-bond acceptors (Lipinski definition) is 7. The molecule has 4 aromatic rings. The maximum Gasteiger partial charge on any atom is 0.288 e. The number of halogens is 1. The van der Waals surface area contributed by atoms with Crippen LogP contribution < -0.4 is 5.43 Å². The van der Waals surface area contributed by atoms with Gasteiger partial charge < -0.3 is 19.0 Å². The minimum absolute atomic E-state index is 0.00477. The number of methoxy groups -OCH3 is 1. The molecule has 0 atom stereocenters. The summed E-state index contributed by atoms with van der Waals surface area (Å²) in [5, 5.41) is 11.7. The summed E-state index contributed by atoms with van der Waals surface area (Å²) in [6.07, 6.45) is 1.35. The van der Waals surface area contributed by atoms with Crippen LogP contribution in [0, 0.1) is 17.0 Å². The van der Waals surface area contributed by atoms with Crippen LogP contribution >= 0.6 is 11.6 Å². The molecule has 0 N–H and O–H groups in total. The number of nitro benzene ring substituents is 1. The fourth-order valence-corrected chi connectivity index (χ4v) is 4.51. The summed E-state index contributed by atoms with van der Waals surface area (Å²) in [7, 11) is 1.46. The Labute approximate surface area is 240 Å². The number of carbonyl (C=O) groups excluding carboxylic acids is 2. The van der Waals surface area contributed by atoms with E-state index in [4.69, 9.17) is 20.8 Å². The SMILES string of the molecule is COCCN(CC(=O)N(Cc1ccccc1)Cc1coc2ccc(C)cc2c1=O)C(=O)c1ccc(Cl)c([N+](=O)[O-])c1. The van der Waals surface area contributed by atoms with Gasteiger partial charge in [0.05, 0.1) is 35.3 Å². The molecule has 10 nitrogen and oxygen atoms in total. The summed E-state index contributed by atoms with van der Waals surface area (Å²) >= 11 is 5.92. The van der Waals surface area contributed by atoms with Crippen molar-refractivity contribution in [2.75, 3.05) is 26.8 Å². The molecule has 0 aliphatic carbocycles. The molecular formula is C30H28ClN3O7. The number of fused-ring (bicyclic) bond motifs is 1. The third-order valence-corrected chi connectivity index (χ3v) is 6.82. The molecular weight excluding hydrogens is 550 g/mol. The Hall–Kier alpha value is -4.54. The Balaban J connectivity index is 1.65. The van der Waals surface area contributed by atoms with Crippen molar-refractivity contribution in [1.82, 2.24) is 9.80 Å². The zero-order chi connectivity index (χ0) is 29.5. The number of nitrogens with zero attached hydrogens (tertiary/aromatic N) is 3. The maximum atomic E-state index is 13.7. The molecule has 0 radical (unpaired) electrons. The van der Waals surface area contributed by atoms with Gasteiger partial charge in [0.1, 0.15) is 17.2 Å². The number of carbonyl (C=O) groups is 2. The van der Waals surface area contributed by atoms with Crippen LogP contribution in [-0.2, 0) is 22.6 Å². The van der Waals surface area contributed by atoms with Gasteiger partial charge in [-0.3, -0.25) is 24.5 Å². The van der Waals surface area contributed by atoms with E-state index in [0.29, 0.717) is 11.0 Å². The second kappa shape index (κ2) is 13.2. The van der Waals surface area contributed by atoms with Gasteiger partial charge >= 0.3 is 0 Å². The Morgan fingerprint density at radius 2 is 1.78 bits per heavy atom. The number of nitro groups is 1. The summed E-state index contributed by atoms with van der Waals surface area (Å²) < 4.78 is 10.8. The smallest absolute Gasteiger partial charge is 0.288 e. The Bertz CT molecular complexity index is 1640. The van der Waals surface area contributed by atoms with Crippen molar-refractivity contribution >= 4 is 40.1 Å². The van der Waals surface area contributed by atoms with Crippen molar-refractivity contribution in [2.24, 2.45) is 0 Å². The zero-order valence-electron chi connectivity index (χ0n) is 22.5. The molecule has 4 rings (SSSR count). The molecule has 2 amide bonds. The lowest BCUT2D eigenvalue weighted by atomic mass is 10.1. The molecule has 41 heavy (non-hydrogen) atoms. The standard InChI is InChI=1S/C30H28ClN3O7/c1-20-8-11-27-24(14-20)29(36)23(19-41-27)17-33(16-21-6-4-3-5-7-21)28(35)18-32(12-13-40-2)30(37)22-9-10-25(31)26(15-22)34(38)39/h3-11,14-15,19H,12-13,16-18H2,1-2H3. The van der Waals surface area contributed by atoms with E-state index in [1.165, 1.54) is 35.3 Å². The van der Waals surface area contributed by atoms with E-state index < -0.39 is 22.4 Å². The van der Waals surface area contributed by atoms with Gasteiger partial charge in [-0.2, -0.15) is 0 Å². The molecule has 0 aliphatic heterocycles. The fraction of sp³-hybridized carbons (Fsp3) is 0.233. The highest BCUT2D eigenvalue weighted by molar-refractivity contribution is 6.32. The topological polar surface area (TPSA) is 123 Å². The first kappa shape index (κ1) is 29.4. The van der Waals surface area contributed by atoms with Crippen LogP contribution in [0.3, 0.4) is 0 Å². The predicted octanol–water partition coefficient (Wildman–Crippen LogP) is 4.98. The number of hydrogen-bond donors (Lipinski definition) is 0. The molecule has 1 heterocycles. The van der Waals surface area contributed by atoms with Gasteiger partial charge in [0.15, 0.2) is 5.43 Å². The normalized spacial score (nSPS) is 10.9. The van der Waals surface area contributed by atoms with Gasteiger partial charge in [0.2, 0.25) is 5.91 Å². The zero-order valence-corrected chi connectivity index (χ0v) is 23.3. The molecule has 1 aromatic heterocycles. The average molecular weight is 578 g/mol. The molecule has 0 bridgehead atoms. The number of ether oxygens (including phenoxy) is 1. The van der Waals surface area contributed by atoms with Crippen molar-refractivity contribution in [3.05, 3.63) is 121 Å². The lowest BCUT2D eigenvalue weighted by Gasteiger charge is -2.28. The van der Waals surface area contributed by atoms with Crippen LogP contribution in [0.2, 0.25) is 5.02 Å². The van der Waals surface area contributed by atoms with Gasteiger partial charge in [0, 0.05) is 31.8 Å². The first-order valence-electron chi connectivity index (χ1n) is 12.7. The second-order valence-corrected chi connectivity index (χ2v) is 9.88. The molecule has 0 fully saturated rings. The summed E-state index contributed by atoms with van der Waals surface area (Å²) in [6, 6.07) is 18.3. The van der Waals surface area contributed by atoms with Crippen LogP contribution in [0.4, 0.5) is 5.69 Å². The fourth-order valence-electron chi connectivity index (χ4n) is 4.32. The molecule has 212 valence electrons. The van der Waals surface area contributed by atoms with Crippen LogP contribution in [-0.4, -0.2) is 53.3 Å². The van der Waals surface area contributed by atoms with E-state index >= 15 is 0 Å².